The molecular formula is C19H18FNO2. The van der Waals surface area contributed by atoms with E-state index in [-0.39, 0.29) is 11.6 Å². The molecule has 1 fully saturated rings. The number of carbonyl (C=O) groups excluding carboxylic acids is 1. The first-order chi connectivity index (χ1) is 11.2. The number of carbonyl (C=O) groups is 1. The Kier molecular flexibility index (Phi) is 4.83. The number of morpholine rings is 1. The van der Waals surface area contributed by atoms with Gasteiger partial charge in [0, 0.05) is 24.3 Å². The molecule has 4 heteroatoms. The second kappa shape index (κ2) is 7.20. The van der Waals surface area contributed by atoms with Gasteiger partial charge in [-0.25, -0.2) is 4.39 Å². The van der Waals surface area contributed by atoms with Crippen LogP contribution in [-0.4, -0.2) is 32.1 Å². The maximum atomic E-state index is 12.9. The summed E-state index contributed by atoms with van der Waals surface area (Å²) in [7, 11) is 0. The minimum atomic E-state index is -0.343. The summed E-state index contributed by atoms with van der Waals surface area (Å²) in [6, 6.07) is 13.6. The number of ketones is 1. The molecule has 3 nitrogen and oxygen atoms in total. The first kappa shape index (κ1) is 15.4. The Morgan fingerprint density at radius 1 is 1.00 bits per heavy atom. The van der Waals surface area contributed by atoms with Crippen LogP contribution in [0.5, 0.6) is 0 Å². The first-order valence-electron chi connectivity index (χ1n) is 7.63. The number of benzene rings is 2. The predicted molar refractivity (Wildman–Crippen MR) is 89.2 cm³/mol. The summed E-state index contributed by atoms with van der Waals surface area (Å²) in [6.45, 7) is 3.32. The summed E-state index contributed by atoms with van der Waals surface area (Å²) in [5.41, 5.74) is 2.60. The van der Waals surface area contributed by atoms with E-state index in [9.17, 15) is 9.18 Å². The van der Waals surface area contributed by atoms with Crippen molar-refractivity contribution in [3.8, 4) is 0 Å². The lowest BCUT2D eigenvalue weighted by Crippen LogP contribution is -2.36. The summed E-state index contributed by atoms with van der Waals surface area (Å²) < 4.78 is 18.2. The molecule has 3 rings (SSSR count). The molecule has 0 aromatic heterocycles. The van der Waals surface area contributed by atoms with Gasteiger partial charge < -0.3 is 9.64 Å². The van der Waals surface area contributed by atoms with Gasteiger partial charge in [-0.15, -0.1) is 0 Å². The van der Waals surface area contributed by atoms with Crippen molar-refractivity contribution in [3.63, 3.8) is 0 Å². The van der Waals surface area contributed by atoms with Crippen LogP contribution in [0.15, 0.2) is 54.6 Å². The highest BCUT2D eigenvalue weighted by Crippen LogP contribution is 2.17. The molecule has 2 aromatic rings. The van der Waals surface area contributed by atoms with Crippen molar-refractivity contribution in [1.29, 1.82) is 0 Å². The number of halogens is 1. The summed E-state index contributed by atoms with van der Waals surface area (Å²) in [5.74, 6) is -0.480. The Balaban J connectivity index is 1.65. The number of allylic oxidation sites excluding steroid dienone is 1. The van der Waals surface area contributed by atoms with Crippen LogP contribution in [0, 0.1) is 5.82 Å². The zero-order valence-electron chi connectivity index (χ0n) is 12.7. The molecule has 1 aliphatic rings. The Labute approximate surface area is 135 Å². The molecule has 0 saturated carbocycles. The largest absolute Gasteiger partial charge is 0.378 e. The van der Waals surface area contributed by atoms with Gasteiger partial charge >= 0.3 is 0 Å². The number of ether oxygens (including phenoxy) is 1. The first-order valence-corrected chi connectivity index (χ1v) is 7.63. The van der Waals surface area contributed by atoms with Gasteiger partial charge in [-0.2, -0.15) is 0 Å². The third kappa shape index (κ3) is 4.05. The van der Waals surface area contributed by atoms with E-state index in [0.717, 1.165) is 37.6 Å². The van der Waals surface area contributed by atoms with Gasteiger partial charge in [-0.1, -0.05) is 18.2 Å². The van der Waals surface area contributed by atoms with E-state index in [4.69, 9.17) is 4.74 Å². The van der Waals surface area contributed by atoms with Crippen LogP contribution in [0.25, 0.3) is 6.08 Å². The standard InChI is InChI=1S/C19H18FNO2/c20-17-6-4-16(5-7-17)19(22)10-3-15-1-8-18(9-2-15)21-11-13-23-14-12-21/h1-10H,11-14H2. The predicted octanol–water partition coefficient (Wildman–Crippen LogP) is 3.56. The van der Waals surface area contributed by atoms with Crippen LogP contribution in [0.4, 0.5) is 10.1 Å². The van der Waals surface area contributed by atoms with Crippen molar-refractivity contribution >= 4 is 17.5 Å². The minimum absolute atomic E-state index is 0.137. The fourth-order valence-electron chi connectivity index (χ4n) is 2.50. The zero-order chi connectivity index (χ0) is 16.1. The van der Waals surface area contributed by atoms with Crippen LogP contribution in [0.1, 0.15) is 15.9 Å². The molecule has 0 bridgehead atoms. The molecule has 0 unspecified atom stereocenters. The molecule has 23 heavy (non-hydrogen) atoms. The quantitative estimate of drug-likeness (QED) is 0.639. The van der Waals surface area contributed by atoms with Gasteiger partial charge in [0.2, 0.25) is 0 Å². The van der Waals surface area contributed by atoms with E-state index in [0.29, 0.717) is 5.56 Å². The maximum Gasteiger partial charge on any atom is 0.185 e. The van der Waals surface area contributed by atoms with Crippen LogP contribution in [-0.2, 0) is 4.74 Å². The lowest BCUT2D eigenvalue weighted by atomic mass is 10.1. The van der Waals surface area contributed by atoms with E-state index in [2.05, 4.69) is 4.90 Å². The van der Waals surface area contributed by atoms with Crippen molar-refractivity contribution in [2.75, 3.05) is 31.2 Å². The summed E-state index contributed by atoms with van der Waals surface area (Å²) in [4.78, 5) is 14.3. The van der Waals surface area contributed by atoms with Crippen molar-refractivity contribution in [2.45, 2.75) is 0 Å². The molecule has 0 spiro atoms. The normalized spacial score (nSPS) is 15.1. The van der Waals surface area contributed by atoms with Gasteiger partial charge in [0.15, 0.2) is 5.78 Å². The van der Waals surface area contributed by atoms with Gasteiger partial charge in [0.1, 0.15) is 5.82 Å². The molecule has 0 radical (unpaired) electrons. The fourth-order valence-corrected chi connectivity index (χ4v) is 2.50. The average molecular weight is 311 g/mol. The highest BCUT2D eigenvalue weighted by molar-refractivity contribution is 6.06. The molecule has 118 valence electrons. The molecule has 1 saturated heterocycles. The second-order valence-electron chi connectivity index (χ2n) is 5.40. The Hall–Kier alpha value is -2.46. The summed E-state index contributed by atoms with van der Waals surface area (Å²) >= 11 is 0. The number of nitrogens with zero attached hydrogens (tertiary/aromatic N) is 1. The van der Waals surface area contributed by atoms with Crippen LogP contribution >= 0.6 is 0 Å². The number of rotatable bonds is 4. The van der Waals surface area contributed by atoms with E-state index in [1.54, 1.807) is 6.08 Å². The summed E-state index contributed by atoms with van der Waals surface area (Å²) in [6.07, 6.45) is 3.28. The van der Waals surface area contributed by atoms with Crippen LogP contribution in [0.2, 0.25) is 0 Å². The Morgan fingerprint density at radius 2 is 1.65 bits per heavy atom. The summed E-state index contributed by atoms with van der Waals surface area (Å²) in [5, 5.41) is 0. The highest BCUT2D eigenvalue weighted by Gasteiger charge is 2.10. The topological polar surface area (TPSA) is 29.5 Å². The lowest BCUT2D eigenvalue weighted by molar-refractivity contribution is 0.104. The average Bonchev–Trinajstić information content (AvgIpc) is 2.61. The Morgan fingerprint density at radius 3 is 2.30 bits per heavy atom. The monoisotopic (exact) mass is 311 g/mol. The van der Waals surface area contributed by atoms with E-state index >= 15 is 0 Å². The Bertz CT molecular complexity index is 686. The highest BCUT2D eigenvalue weighted by atomic mass is 19.1. The lowest BCUT2D eigenvalue weighted by Gasteiger charge is -2.28. The van der Waals surface area contributed by atoms with Gasteiger partial charge in [-0.05, 0) is 48.0 Å². The molecular weight excluding hydrogens is 293 g/mol. The number of hydrogen-bond donors (Lipinski definition) is 0. The third-order valence-electron chi connectivity index (χ3n) is 3.83. The second-order valence-corrected chi connectivity index (χ2v) is 5.40. The minimum Gasteiger partial charge on any atom is -0.378 e. The van der Waals surface area contributed by atoms with Gasteiger partial charge in [0.05, 0.1) is 13.2 Å². The van der Waals surface area contributed by atoms with Gasteiger partial charge in [-0.3, -0.25) is 4.79 Å². The van der Waals surface area contributed by atoms with Crippen LogP contribution in [0.3, 0.4) is 0 Å². The van der Waals surface area contributed by atoms with Gasteiger partial charge in [0.25, 0.3) is 0 Å². The van der Waals surface area contributed by atoms with E-state index < -0.39 is 0 Å². The SMILES string of the molecule is O=C(C=Cc1ccc(N2CCOCC2)cc1)c1ccc(F)cc1. The molecule has 1 heterocycles. The molecule has 0 amide bonds. The molecule has 2 aromatic carbocycles. The third-order valence-corrected chi connectivity index (χ3v) is 3.83. The van der Waals surface area contributed by atoms with Crippen molar-refractivity contribution < 1.29 is 13.9 Å². The van der Waals surface area contributed by atoms with Crippen molar-refractivity contribution in [1.82, 2.24) is 0 Å². The van der Waals surface area contributed by atoms with E-state index in [1.165, 1.54) is 30.3 Å². The number of anilines is 1. The van der Waals surface area contributed by atoms with Crippen molar-refractivity contribution in [3.05, 3.63) is 71.6 Å². The maximum absolute atomic E-state index is 12.9. The van der Waals surface area contributed by atoms with Crippen molar-refractivity contribution in [2.24, 2.45) is 0 Å². The zero-order valence-corrected chi connectivity index (χ0v) is 12.7. The fraction of sp³-hybridized carbons (Fsp3) is 0.211. The molecule has 1 aliphatic heterocycles. The van der Waals surface area contributed by atoms with Crippen LogP contribution < -0.4 is 4.90 Å². The smallest absolute Gasteiger partial charge is 0.185 e. The van der Waals surface area contributed by atoms with E-state index in [1.807, 2.05) is 24.3 Å². The molecule has 0 atom stereocenters. The molecule has 0 N–H and O–H groups in total. The molecule has 0 aliphatic carbocycles. The number of hydrogen-bond acceptors (Lipinski definition) is 3.